The number of carbonyl (C=O) groups is 1. The number of thiazole rings is 1. The quantitative estimate of drug-likeness (QED) is 0.297. The monoisotopic (exact) mass is 475 g/mol. The van der Waals surface area contributed by atoms with Crippen LogP contribution in [0.25, 0.3) is 10.2 Å². The van der Waals surface area contributed by atoms with Crippen molar-refractivity contribution < 1.29 is 14.3 Å². The van der Waals surface area contributed by atoms with Crippen LogP contribution in [0.4, 0.5) is 5.13 Å². The first-order chi connectivity index (χ1) is 16.5. The number of nitrogens with zero attached hydrogens (tertiary/aromatic N) is 3. The Morgan fingerprint density at radius 2 is 1.74 bits per heavy atom. The molecule has 34 heavy (non-hydrogen) atoms. The SMILES string of the molecule is COc1ccc(C)c2sc(N(CCCN(C)C)C(=O)c3cccc(Oc4ccccc4)c3)nc12. The topological polar surface area (TPSA) is 54.9 Å². The number of amides is 1. The summed E-state index contributed by atoms with van der Waals surface area (Å²) in [4.78, 5) is 22.5. The molecular formula is C27H29N3O3S. The van der Waals surface area contributed by atoms with Crippen LogP contribution in [0.1, 0.15) is 22.3 Å². The van der Waals surface area contributed by atoms with Gasteiger partial charge in [0.15, 0.2) is 5.13 Å². The number of hydrogen-bond donors (Lipinski definition) is 0. The van der Waals surface area contributed by atoms with E-state index < -0.39 is 0 Å². The average molecular weight is 476 g/mol. The maximum absolute atomic E-state index is 13.7. The zero-order valence-electron chi connectivity index (χ0n) is 19.9. The van der Waals surface area contributed by atoms with Crippen molar-refractivity contribution in [1.82, 2.24) is 9.88 Å². The second kappa shape index (κ2) is 10.7. The molecule has 0 saturated carbocycles. The second-order valence-corrected chi connectivity index (χ2v) is 9.29. The van der Waals surface area contributed by atoms with E-state index in [-0.39, 0.29) is 5.91 Å². The van der Waals surface area contributed by atoms with Gasteiger partial charge in [0.2, 0.25) is 0 Å². The number of hydrogen-bond acceptors (Lipinski definition) is 6. The fourth-order valence-electron chi connectivity index (χ4n) is 3.68. The number of ether oxygens (including phenoxy) is 2. The standard InChI is InChI=1S/C27H29N3O3S/c1-19-14-15-23(32-4)24-25(19)34-27(28-24)30(17-9-16-29(2)3)26(31)20-10-8-13-22(18-20)33-21-11-6-5-7-12-21/h5-8,10-15,18H,9,16-17H2,1-4H3. The van der Waals surface area contributed by atoms with Crippen LogP contribution in [0.2, 0.25) is 0 Å². The van der Waals surface area contributed by atoms with E-state index in [9.17, 15) is 4.79 Å². The molecule has 3 aromatic carbocycles. The number of fused-ring (bicyclic) bond motifs is 1. The average Bonchev–Trinajstić information content (AvgIpc) is 3.28. The molecule has 0 radical (unpaired) electrons. The lowest BCUT2D eigenvalue weighted by molar-refractivity contribution is 0.0985. The molecule has 0 unspecified atom stereocenters. The highest BCUT2D eigenvalue weighted by Crippen LogP contribution is 2.37. The Hall–Kier alpha value is -3.42. The van der Waals surface area contributed by atoms with Crippen molar-refractivity contribution in [3.05, 3.63) is 77.9 Å². The molecule has 0 spiro atoms. The van der Waals surface area contributed by atoms with E-state index in [0.717, 1.165) is 34.5 Å². The Labute approximate surface area is 204 Å². The van der Waals surface area contributed by atoms with Gasteiger partial charge in [-0.2, -0.15) is 0 Å². The second-order valence-electron chi connectivity index (χ2n) is 8.32. The molecule has 1 aromatic heterocycles. The van der Waals surface area contributed by atoms with Crippen LogP contribution >= 0.6 is 11.3 Å². The Morgan fingerprint density at radius 3 is 2.47 bits per heavy atom. The number of aromatic nitrogens is 1. The van der Waals surface area contributed by atoms with Gasteiger partial charge in [-0.05, 0) is 75.9 Å². The van der Waals surface area contributed by atoms with Crippen molar-refractivity contribution in [2.24, 2.45) is 0 Å². The van der Waals surface area contributed by atoms with Crippen LogP contribution in [-0.2, 0) is 0 Å². The van der Waals surface area contributed by atoms with Gasteiger partial charge >= 0.3 is 0 Å². The predicted octanol–water partition coefficient (Wildman–Crippen LogP) is 6.00. The normalized spacial score (nSPS) is 11.1. The van der Waals surface area contributed by atoms with E-state index in [4.69, 9.17) is 14.5 Å². The van der Waals surface area contributed by atoms with E-state index in [1.807, 2.05) is 81.7 Å². The van der Waals surface area contributed by atoms with Crippen molar-refractivity contribution in [1.29, 1.82) is 0 Å². The lowest BCUT2D eigenvalue weighted by atomic mass is 10.2. The first-order valence-corrected chi connectivity index (χ1v) is 12.0. The van der Waals surface area contributed by atoms with Crippen molar-refractivity contribution >= 4 is 32.6 Å². The first kappa shape index (κ1) is 23.7. The molecule has 4 rings (SSSR count). The molecule has 6 nitrogen and oxygen atoms in total. The molecule has 7 heteroatoms. The summed E-state index contributed by atoms with van der Waals surface area (Å²) in [5.41, 5.74) is 2.45. The smallest absolute Gasteiger partial charge is 0.260 e. The molecule has 1 amide bonds. The van der Waals surface area contributed by atoms with Crippen LogP contribution in [0.15, 0.2) is 66.7 Å². The molecule has 0 aliphatic carbocycles. The summed E-state index contributed by atoms with van der Waals surface area (Å²) in [6.07, 6.45) is 0.824. The lowest BCUT2D eigenvalue weighted by Crippen LogP contribution is -2.33. The minimum Gasteiger partial charge on any atom is -0.494 e. The number of rotatable bonds is 9. The van der Waals surface area contributed by atoms with Gasteiger partial charge in [0.25, 0.3) is 5.91 Å². The van der Waals surface area contributed by atoms with Crippen LogP contribution in [0.5, 0.6) is 17.2 Å². The number of methoxy groups -OCH3 is 1. The molecule has 0 bridgehead atoms. The van der Waals surface area contributed by atoms with E-state index in [0.29, 0.717) is 28.7 Å². The van der Waals surface area contributed by atoms with Gasteiger partial charge < -0.3 is 14.4 Å². The minimum atomic E-state index is -0.104. The lowest BCUT2D eigenvalue weighted by Gasteiger charge is -2.21. The van der Waals surface area contributed by atoms with E-state index in [1.54, 1.807) is 18.1 Å². The van der Waals surface area contributed by atoms with Crippen LogP contribution in [0.3, 0.4) is 0 Å². The van der Waals surface area contributed by atoms with Gasteiger partial charge in [-0.3, -0.25) is 9.69 Å². The van der Waals surface area contributed by atoms with E-state index in [1.165, 1.54) is 11.3 Å². The van der Waals surface area contributed by atoms with Gasteiger partial charge in [-0.1, -0.05) is 41.7 Å². The molecule has 0 aliphatic heterocycles. The minimum absolute atomic E-state index is 0.104. The molecule has 0 atom stereocenters. The first-order valence-electron chi connectivity index (χ1n) is 11.2. The van der Waals surface area contributed by atoms with Gasteiger partial charge in [0.1, 0.15) is 22.8 Å². The third kappa shape index (κ3) is 5.38. The number of aryl methyl sites for hydroxylation is 1. The molecule has 0 saturated heterocycles. The highest BCUT2D eigenvalue weighted by atomic mass is 32.1. The number of para-hydroxylation sites is 1. The Bertz CT molecular complexity index is 1270. The van der Waals surface area contributed by atoms with Crippen molar-refractivity contribution in [2.45, 2.75) is 13.3 Å². The molecule has 0 N–H and O–H groups in total. The molecule has 176 valence electrons. The van der Waals surface area contributed by atoms with Crippen molar-refractivity contribution in [3.63, 3.8) is 0 Å². The highest BCUT2D eigenvalue weighted by molar-refractivity contribution is 7.22. The molecule has 4 aromatic rings. The third-order valence-corrected chi connectivity index (χ3v) is 6.65. The van der Waals surface area contributed by atoms with Gasteiger partial charge in [0, 0.05) is 12.1 Å². The number of carbonyl (C=O) groups excluding carboxylic acids is 1. The summed E-state index contributed by atoms with van der Waals surface area (Å²) in [6, 6.07) is 20.8. The molecule has 0 fully saturated rings. The summed E-state index contributed by atoms with van der Waals surface area (Å²) in [5.74, 6) is 1.95. The summed E-state index contributed by atoms with van der Waals surface area (Å²) in [7, 11) is 5.70. The molecular weight excluding hydrogens is 446 g/mol. The number of benzene rings is 3. The van der Waals surface area contributed by atoms with Gasteiger partial charge in [-0.15, -0.1) is 0 Å². The van der Waals surface area contributed by atoms with Gasteiger partial charge in [-0.25, -0.2) is 4.98 Å². The summed E-state index contributed by atoms with van der Waals surface area (Å²) in [5, 5.41) is 0.667. The maximum Gasteiger partial charge on any atom is 0.260 e. The Kier molecular flexibility index (Phi) is 7.45. The predicted molar refractivity (Wildman–Crippen MR) is 139 cm³/mol. The van der Waals surface area contributed by atoms with Gasteiger partial charge in [0.05, 0.1) is 11.8 Å². The van der Waals surface area contributed by atoms with E-state index >= 15 is 0 Å². The number of anilines is 1. The fraction of sp³-hybridized carbons (Fsp3) is 0.259. The summed E-state index contributed by atoms with van der Waals surface area (Å²) in [6.45, 7) is 3.47. The van der Waals surface area contributed by atoms with Crippen LogP contribution in [0, 0.1) is 6.92 Å². The largest absolute Gasteiger partial charge is 0.494 e. The summed E-state index contributed by atoms with van der Waals surface area (Å²) < 4.78 is 12.5. The van der Waals surface area contributed by atoms with Crippen LogP contribution in [-0.4, -0.2) is 50.1 Å². The summed E-state index contributed by atoms with van der Waals surface area (Å²) >= 11 is 1.52. The van der Waals surface area contributed by atoms with Crippen LogP contribution < -0.4 is 14.4 Å². The van der Waals surface area contributed by atoms with E-state index in [2.05, 4.69) is 4.90 Å². The highest BCUT2D eigenvalue weighted by Gasteiger charge is 2.23. The Balaban J connectivity index is 1.67. The molecule has 1 heterocycles. The Morgan fingerprint density at radius 1 is 0.971 bits per heavy atom. The van der Waals surface area contributed by atoms with Crippen molar-refractivity contribution in [3.8, 4) is 17.2 Å². The fourth-order valence-corrected chi connectivity index (χ4v) is 4.76. The zero-order valence-corrected chi connectivity index (χ0v) is 20.8. The zero-order chi connectivity index (χ0) is 24.1. The molecule has 0 aliphatic rings. The van der Waals surface area contributed by atoms with Crippen molar-refractivity contribution in [2.75, 3.05) is 39.2 Å². The maximum atomic E-state index is 13.7. The third-order valence-electron chi connectivity index (χ3n) is 5.44.